The number of hydrogen-bond donors (Lipinski definition) is 1. The lowest BCUT2D eigenvalue weighted by Crippen LogP contribution is -2.22. The molecule has 3 aromatic rings. The molecule has 0 bridgehead atoms. The van der Waals surface area contributed by atoms with Crippen LogP contribution >= 0.6 is 46.3 Å². The smallest absolute Gasteiger partial charge is 0.239 e. The van der Waals surface area contributed by atoms with Gasteiger partial charge in [0.05, 0.1) is 10.3 Å². The zero-order chi connectivity index (χ0) is 18.0. The average Bonchev–Trinajstić information content (AvgIpc) is 3.17. The van der Waals surface area contributed by atoms with Crippen LogP contribution in [-0.4, -0.2) is 36.1 Å². The largest absolute Gasteiger partial charge is 0.312 e. The Balaban J connectivity index is 1.68. The number of anilines is 1. The number of nitrogens with one attached hydrogen (secondary N) is 1. The number of carbonyl (C=O) groups is 1. The van der Waals surface area contributed by atoms with Crippen molar-refractivity contribution in [3.05, 3.63) is 34.6 Å². The first kappa shape index (κ1) is 18.1. The molecule has 1 N–H and O–H groups in total. The lowest BCUT2D eigenvalue weighted by atomic mass is 10.2. The quantitative estimate of drug-likeness (QED) is 0.639. The van der Waals surface area contributed by atoms with Crippen molar-refractivity contribution in [2.45, 2.75) is 17.3 Å². The second-order valence-corrected chi connectivity index (χ2v) is 8.14. The molecule has 25 heavy (non-hydrogen) atoms. The van der Waals surface area contributed by atoms with E-state index in [9.17, 15) is 4.79 Å². The minimum Gasteiger partial charge on any atom is -0.312 e. The number of thioether (sulfide) groups is 1. The van der Waals surface area contributed by atoms with Crippen LogP contribution in [0.3, 0.4) is 0 Å². The van der Waals surface area contributed by atoms with Gasteiger partial charge in [0.25, 0.3) is 0 Å². The Morgan fingerprint density at radius 2 is 2.12 bits per heavy atom. The van der Waals surface area contributed by atoms with Crippen LogP contribution in [0, 0.1) is 0 Å². The third kappa shape index (κ3) is 4.30. The van der Waals surface area contributed by atoms with E-state index in [1.54, 1.807) is 36.0 Å². The fraction of sp³-hybridized carbons (Fsp3) is 0.214. The van der Waals surface area contributed by atoms with E-state index in [0.717, 1.165) is 0 Å². The number of hydrogen-bond acceptors (Lipinski definition) is 7. The summed E-state index contributed by atoms with van der Waals surface area (Å²) in [6, 6.07) is 5.13. The molecule has 0 fully saturated rings. The Hall–Kier alpha value is -1.68. The number of carbonyl (C=O) groups excluding carboxylic acids is 1. The lowest BCUT2D eigenvalue weighted by molar-refractivity contribution is -0.115. The summed E-state index contributed by atoms with van der Waals surface area (Å²) in [5.74, 6) is -0.196. The Bertz CT molecular complexity index is 912. The van der Waals surface area contributed by atoms with Gasteiger partial charge in [-0.25, -0.2) is 0 Å². The zero-order valence-electron chi connectivity index (χ0n) is 13.1. The van der Waals surface area contributed by atoms with E-state index in [4.69, 9.17) is 23.2 Å². The normalized spacial score (nSPS) is 12.2. The van der Waals surface area contributed by atoms with E-state index in [0.29, 0.717) is 30.9 Å². The van der Waals surface area contributed by atoms with Crippen molar-refractivity contribution in [1.82, 2.24) is 25.0 Å². The molecule has 0 saturated carbocycles. The highest BCUT2D eigenvalue weighted by Crippen LogP contribution is 2.33. The van der Waals surface area contributed by atoms with Gasteiger partial charge in [-0.05, 0) is 25.1 Å². The second kappa shape index (κ2) is 7.69. The van der Waals surface area contributed by atoms with Crippen LogP contribution in [0.1, 0.15) is 6.92 Å². The van der Waals surface area contributed by atoms with Crippen LogP contribution in [0.5, 0.6) is 0 Å². The topological polar surface area (TPSA) is 85.6 Å². The predicted octanol–water partition coefficient (Wildman–Crippen LogP) is 3.76. The molecular formula is C14H12Cl2N6OS2. The molecule has 1 atom stereocenters. The molecule has 0 spiro atoms. The van der Waals surface area contributed by atoms with E-state index < -0.39 is 0 Å². The Kier molecular flexibility index (Phi) is 5.57. The molecule has 7 nitrogen and oxygen atoms in total. The van der Waals surface area contributed by atoms with Crippen LogP contribution in [0.25, 0.3) is 10.6 Å². The maximum absolute atomic E-state index is 12.3. The molecule has 1 aromatic carbocycles. The summed E-state index contributed by atoms with van der Waals surface area (Å²) >= 11 is 14.6. The summed E-state index contributed by atoms with van der Waals surface area (Å²) in [7, 11) is 1.82. The third-order valence-electron chi connectivity index (χ3n) is 3.14. The van der Waals surface area contributed by atoms with Gasteiger partial charge in [-0.1, -0.05) is 46.3 Å². The molecule has 3 rings (SSSR count). The van der Waals surface area contributed by atoms with Gasteiger partial charge in [-0.2, -0.15) is 0 Å². The summed E-state index contributed by atoms with van der Waals surface area (Å²) in [5, 5.41) is 20.9. The molecule has 0 aliphatic carbocycles. The number of nitrogens with zero attached hydrogens (tertiary/aromatic N) is 5. The Morgan fingerprint density at radius 3 is 2.80 bits per heavy atom. The molecule has 2 aromatic heterocycles. The maximum Gasteiger partial charge on any atom is 0.239 e. The lowest BCUT2D eigenvalue weighted by Gasteiger charge is -2.08. The predicted molar refractivity (Wildman–Crippen MR) is 100 cm³/mol. The maximum atomic E-state index is 12.3. The molecule has 130 valence electrons. The van der Waals surface area contributed by atoms with E-state index in [2.05, 4.69) is 25.7 Å². The standard InChI is InChI=1S/C14H12Cl2N6OS2/c1-7(24-14-21-17-6-22(14)2)11(23)18-13-20-19-12(25-13)9-4-3-8(15)5-10(9)16/h3-7H,1-2H3,(H,18,20,23). The van der Waals surface area contributed by atoms with Gasteiger partial charge < -0.3 is 4.57 Å². The monoisotopic (exact) mass is 414 g/mol. The number of aromatic nitrogens is 5. The highest BCUT2D eigenvalue weighted by Gasteiger charge is 2.19. The number of amides is 1. The Labute approximate surface area is 161 Å². The summed E-state index contributed by atoms with van der Waals surface area (Å²) < 4.78 is 1.75. The molecule has 11 heteroatoms. The average molecular weight is 415 g/mol. The molecule has 0 radical (unpaired) electrons. The molecular weight excluding hydrogens is 403 g/mol. The van der Waals surface area contributed by atoms with E-state index in [1.165, 1.54) is 23.1 Å². The van der Waals surface area contributed by atoms with Gasteiger partial charge in [0.2, 0.25) is 11.0 Å². The highest BCUT2D eigenvalue weighted by molar-refractivity contribution is 8.00. The SMILES string of the molecule is CC(Sc1nncn1C)C(=O)Nc1nnc(-c2ccc(Cl)cc2Cl)s1. The number of benzene rings is 1. The first-order valence-corrected chi connectivity index (χ1v) is 9.49. The van der Waals surface area contributed by atoms with Crippen molar-refractivity contribution in [1.29, 1.82) is 0 Å². The van der Waals surface area contributed by atoms with Crippen molar-refractivity contribution < 1.29 is 4.79 Å². The van der Waals surface area contributed by atoms with Crippen molar-refractivity contribution >= 4 is 57.3 Å². The fourth-order valence-corrected chi connectivity index (χ4v) is 3.97. The van der Waals surface area contributed by atoms with Gasteiger partial charge in [-0.15, -0.1) is 20.4 Å². The Morgan fingerprint density at radius 1 is 1.32 bits per heavy atom. The molecule has 2 heterocycles. The van der Waals surface area contributed by atoms with Crippen LogP contribution in [0.15, 0.2) is 29.7 Å². The van der Waals surface area contributed by atoms with Crippen LogP contribution in [-0.2, 0) is 11.8 Å². The number of halogens is 2. The minimum absolute atomic E-state index is 0.196. The molecule has 0 aliphatic heterocycles. The van der Waals surface area contributed by atoms with Crippen molar-refractivity contribution in [2.24, 2.45) is 7.05 Å². The van der Waals surface area contributed by atoms with Crippen LogP contribution in [0.2, 0.25) is 10.0 Å². The minimum atomic E-state index is -0.366. The molecule has 1 unspecified atom stereocenters. The van der Waals surface area contributed by atoms with Crippen molar-refractivity contribution in [2.75, 3.05) is 5.32 Å². The summed E-state index contributed by atoms with van der Waals surface area (Å²) in [5.41, 5.74) is 0.713. The van der Waals surface area contributed by atoms with Gasteiger partial charge in [0.15, 0.2) is 10.2 Å². The highest BCUT2D eigenvalue weighted by atomic mass is 35.5. The summed E-state index contributed by atoms with van der Waals surface area (Å²) in [6.07, 6.45) is 1.58. The second-order valence-electron chi connectivity index (χ2n) is 5.01. The first-order valence-electron chi connectivity index (χ1n) is 7.04. The van der Waals surface area contributed by atoms with Crippen LogP contribution in [0.4, 0.5) is 5.13 Å². The van der Waals surface area contributed by atoms with Gasteiger partial charge in [0, 0.05) is 17.6 Å². The summed E-state index contributed by atoms with van der Waals surface area (Å²) in [4.78, 5) is 12.3. The zero-order valence-corrected chi connectivity index (χ0v) is 16.2. The van der Waals surface area contributed by atoms with Crippen LogP contribution < -0.4 is 5.32 Å². The summed E-state index contributed by atoms with van der Waals surface area (Å²) in [6.45, 7) is 1.78. The number of aryl methyl sites for hydroxylation is 1. The van der Waals surface area contributed by atoms with Gasteiger partial charge in [-0.3, -0.25) is 10.1 Å². The van der Waals surface area contributed by atoms with E-state index in [1.807, 2.05) is 7.05 Å². The van der Waals surface area contributed by atoms with Gasteiger partial charge >= 0.3 is 0 Å². The first-order chi connectivity index (χ1) is 11.9. The van der Waals surface area contributed by atoms with Crippen molar-refractivity contribution in [3.8, 4) is 10.6 Å². The molecule has 1 amide bonds. The van der Waals surface area contributed by atoms with Crippen molar-refractivity contribution in [3.63, 3.8) is 0 Å². The van der Waals surface area contributed by atoms with E-state index in [-0.39, 0.29) is 11.2 Å². The fourth-order valence-electron chi connectivity index (χ4n) is 1.84. The molecule has 0 saturated heterocycles. The molecule has 0 aliphatic rings. The number of rotatable bonds is 5. The van der Waals surface area contributed by atoms with E-state index >= 15 is 0 Å². The van der Waals surface area contributed by atoms with Gasteiger partial charge in [0.1, 0.15) is 6.33 Å². The third-order valence-corrected chi connectivity index (χ3v) is 5.71.